The summed E-state index contributed by atoms with van der Waals surface area (Å²) in [5, 5.41) is 0. The zero-order chi connectivity index (χ0) is 17.5. The van der Waals surface area contributed by atoms with E-state index < -0.39 is 0 Å². The normalized spacial score (nSPS) is 21.8. The molecule has 3 heterocycles. The van der Waals surface area contributed by atoms with E-state index in [-0.39, 0.29) is 5.82 Å². The van der Waals surface area contributed by atoms with Crippen molar-refractivity contribution >= 4 is 5.69 Å². The number of rotatable bonds is 4. The molecule has 2 aliphatic heterocycles. The number of aromatic nitrogens is 1. The number of halogens is 1. The minimum Gasteiger partial charge on any atom is -0.444 e. The van der Waals surface area contributed by atoms with Crippen LogP contribution in [0.4, 0.5) is 10.1 Å². The first-order valence-corrected chi connectivity index (χ1v) is 9.69. The van der Waals surface area contributed by atoms with Crippen LogP contribution in [0, 0.1) is 5.82 Å². The highest BCUT2D eigenvalue weighted by atomic mass is 19.1. The molecule has 2 saturated heterocycles. The first-order valence-electron chi connectivity index (χ1n) is 9.69. The minimum atomic E-state index is -0.168. The number of likely N-dealkylation sites (tertiary alicyclic amines) is 1. The first-order chi connectivity index (χ1) is 12.7. The Morgan fingerprint density at radius 3 is 2.54 bits per heavy atom. The van der Waals surface area contributed by atoms with Crippen molar-refractivity contribution in [3.63, 3.8) is 0 Å². The van der Waals surface area contributed by atoms with E-state index in [9.17, 15) is 4.39 Å². The van der Waals surface area contributed by atoms with Crippen LogP contribution < -0.4 is 4.90 Å². The second kappa shape index (κ2) is 6.67. The monoisotopic (exact) mass is 356 g/mol. The molecule has 0 radical (unpaired) electrons. The van der Waals surface area contributed by atoms with Crippen molar-refractivity contribution in [3.05, 3.63) is 47.4 Å². The minimum absolute atomic E-state index is 0.168. The van der Waals surface area contributed by atoms with Gasteiger partial charge in [0.2, 0.25) is 5.89 Å². The summed E-state index contributed by atoms with van der Waals surface area (Å²) >= 11 is 0. The van der Waals surface area contributed by atoms with E-state index in [0.29, 0.717) is 6.04 Å². The van der Waals surface area contributed by atoms with Crippen LogP contribution in [0.3, 0.4) is 0 Å². The summed E-state index contributed by atoms with van der Waals surface area (Å²) in [4.78, 5) is 12.0. The third-order valence-electron chi connectivity index (χ3n) is 5.96. The average molecular weight is 356 g/mol. The van der Waals surface area contributed by atoms with Crippen molar-refractivity contribution in [3.8, 4) is 0 Å². The van der Waals surface area contributed by atoms with E-state index in [1.807, 2.05) is 12.1 Å². The Hall–Kier alpha value is -1.92. The second-order valence-corrected chi connectivity index (χ2v) is 7.68. The van der Waals surface area contributed by atoms with Crippen molar-refractivity contribution in [2.75, 3.05) is 44.2 Å². The third kappa shape index (κ3) is 3.12. The highest BCUT2D eigenvalue weighted by Gasteiger charge is 2.34. The van der Waals surface area contributed by atoms with Gasteiger partial charge in [0.15, 0.2) is 0 Å². The lowest BCUT2D eigenvalue weighted by Crippen LogP contribution is -2.62. The molecule has 1 aromatic carbocycles. The van der Waals surface area contributed by atoms with Crippen LogP contribution >= 0.6 is 0 Å². The molecular formula is C20H25FN4O. The Balaban J connectivity index is 1.09. The second-order valence-electron chi connectivity index (χ2n) is 7.68. The number of aryl methyl sites for hydroxylation is 2. The summed E-state index contributed by atoms with van der Waals surface area (Å²) in [5.74, 6) is 1.85. The highest BCUT2D eigenvalue weighted by molar-refractivity contribution is 5.46. The largest absolute Gasteiger partial charge is 0.444 e. The quantitative estimate of drug-likeness (QED) is 0.840. The van der Waals surface area contributed by atoms with Crippen LogP contribution in [0.2, 0.25) is 0 Å². The van der Waals surface area contributed by atoms with Gasteiger partial charge in [-0.2, -0.15) is 0 Å². The van der Waals surface area contributed by atoms with Crippen molar-refractivity contribution in [1.29, 1.82) is 0 Å². The molecule has 0 bridgehead atoms. The van der Waals surface area contributed by atoms with Crippen LogP contribution in [0.25, 0.3) is 0 Å². The molecule has 1 aromatic heterocycles. The zero-order valence-corrected chi connectivity index (χ0v) is 15.0. The lowest BCUT2D eigenvalue weighted by molar-refractivity contribution is 0.0205. The summed E-state index contributed by atoms with van der Waals surface area (Å²) in [7, 11) is 0. The van der Waals surface area contributed by atoms with E-state index in [4.69, 9.17) is 4.42 Å². The van der Waals surface area contributed by atoms with Crippen LogP contribution in [-0.2, 0) is 19.4 Å². The lowest BCUT2D eigenvalue weighted by atomic mass is 10.1. The molecule has 26 heavy (non-hydrogen) atoms. The van der Waals surface area contributed by atoms with Gasteiger partial charge in [-0.25, -0.2) is 9.37 Å². The number of hydrogen-bond donors (Lipinski definition) is 0. The first kappa shape index (κ1) is 16.3. The van der Waals surface area contributed by atoms with E-state index >= 15 is 0 Å². The Kier molecular flexibility index (Phi) is 4.17. The summed E-state index contributed by atoms with van der Waals surface area (Å²) in [6, 6.07) is 7.49. The number of fused-ring (bicyclic) bond motifs is 1. The van der Waals surface area contributed by atoms with Gasteiger partial charge in [0.05, 0.1) is 12.2 Å². The molecule has 1 aliphatic carbocycles. The van der Waals surface area contributed by atoms with Gasteiger partial charge in [0.1, 0.15) is 11.6 Å². The van der Waals surface area contributed by atoms with Crippen LogP contribution in [-0.4, -0.2) is 60.1 Å². The number of anilines is 1. The summed E-state index contributed by atoms with van der Waals surface area (Å²) in [5.41, 5.74) is 2.31. The Bertz CT molecular complexity index is 739. The van der Waals surface area contributed by atoms with Gasteiger partial charge in [0.25, 0.3) is 0 Å². The van der Waals surface area contributed by atoms with Crippen molar-refractivity contribution in [1.82, 2.24) is 14.8 Å². The van der Waals surface area contributed by atoms with Gasteiger partial charge < -0.3 is 9.32 Å². The van der Waals surface area contributed by atoms with Gasteiger partial charge in [-0.05, 0) is 37.1 Å². The fourth-order valence-electron chi connectivity index (χ4n) is 4.40. The fourth-order valence-corrected chi connectivity index (χ4v) is 4.40. The number of piperazine rings is 1. The summed E-state index contributed by atoms with van der Waals surface area (Å²) in [6.45, 7) is 7.21. The molecule has 138 valence electrons. The third-order valence-corrected chi connectivity index (χ3v) is 5.96. The lowest BCUT2D eigenvalue weighted by Gasteiger charge is -2.48. The van der Waals surface area contributed by atoms with E-state index in [2.05, 4.69) is 19.7 Å². The molecule has 2 aromatic rings. The van der Waals surface area contributed by atoms with Gasteiger partial charge in [0, 0.05) is 57.4 Å². The number of hydrogen-bond acceptors (Lipinski definition) is 5. The van der Waals surface area contributed by atoms with E-state index in [1.54, 1.807) is 12.1 Å². The van der Waals surface area contributed by atoms with Gasteiger partial charge in [-0.3, -0.25) is 9.80 Å². The maximum Gasteiger partial charge on any atom is 0.208 e. The molecule has 0 saturated carbocycles. The Morgan fingerprint density at radius 1 is 1.04 bits per heavy atom. The number of benzene rings is 1. The van der Waals surface area contributed by atoms with E-state index in [1.165, 1.54) is 12.1 Å². The molecule has 3 aliphatic rings. The Morgan fingerprint density at radius 2 is 1.81 bits per heavy atom. The van der Waals surface area contributed by atoms with Gasteiger partial charge in [-0.1, -0.05) is 0 Å². The predicted octanol–water partition coefficient (Wildman–Crippen LogP) is 2.31. The number of oxazole rings is 1. The molecule has 0 unspecified atom stereocenters. The fraction of sp³-hybridized carbons (Fsp3) is 0.550. The molecule has 2 fully saturated rings. The summed E-state index contributed by atoms with van der Waals surface area (Å²) in [6.07, 6.45) is 3.33. The number of nitrogens with zero attached hydrogens (tertiary/aromatic N) is 4. The maximum absolute atomic E-state index is 13.1. The van der Waals surface area contributed by atoms with Crippen molar-refractivity contribution < 1.29 is 8.81 Å². The molecular weight excluding hydrogens is 331 g/mol. The van der Waals surface area contributed by atoms with Gasteiger partial charge in [-0.15, -0.1) is 0 Å². The van der Waals surface area contributed by atoms with Crippen molar-refractivity contribution in [2.45, 2.75) is 31.8 Å². The predicted molar refractivity (Wildman–Crippen MR) is 97.8 cm³/mol. The molecule has 5 rings (SSSR count). The smallest absolute Gasteiger partial charge is 0.208 e. The highest BCUT2D eigenvalue weighted by Crippen LogP contribution is 2.25. The van der Waals surface area contributed by atoms with Gasteiger partial charge >= 0.3 is 0 Å². The molecule has 0 spiro atoms. The van der Waals surface area contributed by atoms with Crippen LogP contribution in [0.1, 0.15) is 23.8 Å². The standard InChI is InChI=1S/C20H25FN4O/c21-15-4-6-16(7-5-15)24-8-10-25(11-9-24)17-12-23(13-17)14-20-22-18-2-1-3-19(18)26-20/h4-7,17H,1-3,8-14H2. The summed E-state index contributed by atoms with van der Waals surface area (Å²) < 4.78 is 19.0. The van der Waals surface area contributed by atoms with Crippen LogP contribution in [0.15, 0.2) is 28.7 Å². The SMILES string of the molecule is Fc1ccc(N2CCN(C3CN(Cc4nc5c(o4)CCC5)C3)CC2)cc1. The van der Waals surface area contributed by atoms with Crippen molar-refractivity contribution in [2.24, 2.45) is 0 Å². The Labute approximate surface area is 153 Å². The molecule has 0 atom stereocenters. The molecule has 0 N–H and O–H groups in total. The molecule has 0 amide bonds. The zero-order valence-electron chi connectivity index (χ0n) is 15.0. The topological polar surface area (TPSA) is 35.8 Å². The van der Waals surface area contributed by atoms with E-state index in [0.717, 1.165) is 76.0 Å². The van der Waals surface area contributed by atoms with Crippen LogP contribution in [0.5, 0.6) is 0 Å². The average Bonchev–Trinajstić information content (AvgIpc) is 3.20. The molecule has 5 nitrogen and oxygen atoms in total. The maximum atomic E-state index is 13.1. The molecule has 6 heteroatoms.